The second kappa shape index (κ2) is 6.89. The number of hydrogen-bond donors (Lipinski definition) is 1. The van der Waals surface area contributed by atoms with Crippen molar-refractivity contribution in [3.05, 3.63) is 77.2 Å². The molecule has 28 heavy (non-hydrogen) atoms. The molecule has 2 aliphatic rings. The van der Waals surface area contributed by atoms with Crippen LogP contribution in [0.15, 0.2) is 54.6 Å². The van der Waals surface area contributed by atoms with Crippen LogP contribution in [0.5, 0.6) is 0 Å². The van der Waals surface area contributed by atoms with Crippen LogP contribution in [-0.2, 0) is 0 Å². The Morgan fingerprint density at radius 2 is 1.68 bits per heavy atom. The number of nitrogens with zero attached hydrogens (tertiary/aromatic N) is 2. The summed E-state index contributed by atoms with van der Waals surface area (Å²) in [4.78, 5) is 15.4. The Morgan fingerprint density at radius 1 is 0.964 bits per heavy atom. The topological polar surface area (TPSA) is 49.0 Å². The summed E-state index contributed by atoms with van der Waals surface area (Å²) in [5.74, 6) is -0.265. The molecule has 0 spiro atoms. The molecule has 5 rings (SSSR count). The number of nitrogens with one attached hydrogen (secondary N) is 1. The first-order valence-corrected chi connectivity index (χ1v) is 9.96. The fourth-order valence-electron chi connectivity index (χ4n) is 4.69. The molecule has 1 aromatic heterocycles. The first-order chi connectivity index (χ1) is 13.7. The molecule has 1 aliphatic carbocycles. The van der Waals surface area contributed by atoms with Crippen LogP contribution >= 0.6 is 0 Å². The van der Waals surface area contributed by atoms with Crippen LogP contribution in [0, 0.1) is 5.82 Å². The van der Waals surface area contributed by atoms with Crippen molar-refractivity contribution in [2.45, 2.75) is 44.2 Å². The number of H-pyrrole nitrogens is 1. The SMILES string of the molecule is O=C1c2[nH]nc(-c3ccccc3)c2C(c2ccc(F)cc2)N1C1CCCCC1. The zero-order valence-electron chi connectivity index (χ0n) is 15.6. The van der Waals surface area contributed by atoms with Crippen LogP contribution < -0.4 is 0 Å². The maximum absolute atomic E-state index is 13.6. The zero-order chi connectivity index (χ0) is 19.1. The van der Waals surface area contributed by atoms with E-state index in [4.69, 9.17) is 0 Å². The first kappa shape index (κ1) is 17.2. The molecule has 0 saturated heterocycles. The maximum atomic E-state index is 13.6. The Kier molecular flexibility index (Phi) is 4.23. The second-order valence-electron chi connectivity index (χ2n) is 7.69. The second-order valence-corrected chi connectivity index (χ2v) is 7.69. The van der Waals surface area contributed by atoms with Gasteiger partial charge in [0.2, 0.25) is 0 Å². The monoisotopic (exact) mass is 375 g/mol. The van der Waals surface area contributed by atoms with Gasteiger partial charge in [-0.25, -0.2) is 4.39 Å². The zero-order valence-corrected chi connectivity index (χ0v) is 15.6. The van der Waals surface area contributed by atoms with Crippen LogP contribution in [0.3, 0.4) is 0 Å². The van der Waals surface area contributed by atoms with Crippen molar-refractivity contribution in [3.63, 3.8) is 0 Å². The number of rotatable bonds is 3. The average molecular weight is 375 g/mol. The molecule has 0 radical (unpaired) electrons. The third-order valence-electron chi connectivity index (χ3n) is 6.01. The van der Waals surface area contributed by atoms with Gasteiger partial charge in [-0.05, 0) is 30.5 Å². The van der Waals surface area contributed by atoms with Gasteiger partial charge in [-0.15, -0.1) is 0 Å². The summed E-state index contributed by atoms with van der Waals surface area (Å²) >= 11 is 0. The number of aromatic nitrogens is 2. The molecule has 2 heterocycles. The molecule has 2 aromatic carbocycles. The highest BCUT2D eigenvalue weighted by molar-refractivity contribution is 6.00. The number of carbonyl (C=O) groups is 1. The predicted molar refractivity (Wildman–Crippen MR) is 105 cm³/mol. The van der Waals surface area contributed by atoms with E-state index in [1.165, 1.54) is 18.6 Å². The Labute approximate surface area is 163 Å². The van der Waals surface area contributed by atoms with Gasteiger partial charge in [-0.3, -0.25) is 9.89 Å². The van der Waals surface area contributed by atoms with E-state index in [2.05, 4.69) is 10.2 Å². The first-order valence-electron chi connectivity index (χ1n) is 9.96. The largest absolute Gasteiger partial charge is 0.323 e. The summed E-state index contributed by atoms with van der Waals surface area (Å²) in [7, 11) is 0. The van der Waals surface area contributed by atoms with Crippen LogP contribution in [-0.4, -0.2) is 27.0 Å². The molecule has 1 saturated carbocycles. The molecule has 142 valence electrons. The minimum Gasteiger partial charge on any atom is -0.323 e. The smallest absolute Gasteiger partial charge is 0.273 e. The van der Waals surface area contributed by atoms with Crippen molar-refractivity contribution in [3.8, 4) is 11.3 Å². The highest BCUT2D eigenvalue weighted by atomic mass is 19.1. The number of halogens is 1. The molecular formula is C23H22FN3O. The lowest BCUT2D eigenvalue weighted by Crippen LogP contribution is -2.40. The van der Waals surface area contributed by atoms with Gasteiger partial charge in [-0.1, -0.05) is 61.7 Å². The number of fused-ring (bicyclic) bond motifs is 1. The van der Waals surface area contributed by atoms with Gasteiger partial charge in [0.25, 0.3) is 5.91 Å². The van der Waals surface area contributed by atoms with Crippen LogP contribution in [0.2, 0.25) is 0 Å². The molecule has 4 nitrogen and oxygen atoms in total. The van der Waals surface area contributed by atoms with Crippen molar-refractivity contribution in [2.75, 3.05) is 0 Å². The summed E-state index contributed by atoms with van der Waals surface area (Å²) in [6, 6.07) is 16.4. The average Bonchev–Trinajstić information content (AvgIpc) is 3.29. The van der Waals surface area contributed by atoms with Crippen molar-refractivity contribution in [2.24, 2.45) is 0 Å². The molecule has 3 aromatic rings. The van der Waals surface area contributed by atoms with E-state index in [0.29, 0.717) is 5.69 Å². The van der Waals surface area contributed by atoms with Crippen molar-refractivity contribution in [1.82, 2.24) is 15.1 Å². The number of aromatic amines is 1. The third-order valence-corrected chi connectivity index (χ3v) is 6.01. The Bertz CT molecular complexity index is 990. The van der Waals surface area contributed by atoms with Crippen molar-refractivity contribution >= 4 is 5.91 Å². The predicted octanol–water partition coefficient (Wildman–Crippen LogP) is 5.09. The van der Waals surface area contributed by atoms with E-state index < -0.39 is 0 Å². The minimum absolute atomic E-state index is 0.00547. The van der Waals surface area contributed by atoms with E-state index in [1.807, 2.05) is 35.2 Å². The summed E-state index contributed by atoms with van der Waals surface area (Å²) < 4.78 is 13.6. The summed E-state index contributed by atoms with van der Waals surface area (Å²) in [6.45, 7) is 0. The quantitative estimate of drug-likeness (QED) is 0.693. The van der Waals surface area contributed by atoms with Crippen LogP contribution in [0.4, 0.5) is 4.39 Å². The molecule has 0 bridgehead atoms. The Hall–Kier alpha value is -2.95. The number of carbonyl (C=O) groups excluding carboxylic acids is 1. The summed E-state index contributed by atoms with van der Waals surface area (Å²) in [5, 5.41) is 7.48. The Morgan fingerprint density at radius 3 is 2.39 bits per heavy atom. The highest BCUT2D eigenvalue weighted by Gasteiger charge is 2.45. The molecule has 1 aliphatic heterocycles. The lowest BCUT2D eigenvalue weighted by Gasteiger charge is -2.36. The molecule has 1 amide bonds. The third kappa shape index (κ3) is 2.73. The molecule has 1 N–H and O–H groups in total. The van der Waals surface area contributed by atoms with Gasteiger partial charge < -0.3 is 4.90 Å². The number of benzene rings is 2. The van der Waals surface area contributed by atoms with E-state index in [1.54, 1.807) is 12.1 Å². The minimum atomic E-state index is -0.270. The van der Waals surface area contributed by atoms with E-state index in [-0.39, 0.29) is 23.8 Å². The van der Waals surface area contributed by atoms with Gasteiger partial charge >= 0.3 is 0 Å². The van der Waals surface area contributed by atoms with Gasteiger partial charge in [0.15, 0.2) is 0 Å². The lowest BCUT2D eigenvalue weighted by molar-refractivity contribution is 0.0606. The molecule has 1 fully saturated rings. The van der Waals surface area contributed by atoms with E-state index in [9.17, 15) is 9.18 Å². The number of hydrogen-bond acceptors (Lipinski definition) is 2. The normalized spacial score (nSPS) is 19.8. The lowest BCUT2D eigenvalue weighted by atomic mass is 9.91. The number of amides is 1. The van der Waals surface area contributed by atoms with Crippen LogP contribution in [0.25, 0.3) is 11.3 Å². The van der Waals surface area contributed by atoms with E-state index >= 15 is 0 Å². The highest BCUT2D eigenvalue weighted by Crippen LogP contribution is 2.45. The summed E-state index contributed by atoms with van der Waals surface area (Å²) in [5.41, 5.74) is 4.19. The summed E-state index contributed by atoms with van der Waals surface area (Å²) in [6.07, 6.45) is 5.54. The Balaban J connectivity index is 1.66. The van der Waals surface area contributed by atoms with Gasteiger partial charge in [0.05, 0.1) is 11.7 Å². The van der Waals surface area contributed by atoms with Crippen LogP contribution in [0.1, 0.15) is 59.8 Å². The van der Waals surface area contributed by atoms with Crippen molar-refractivity contribution < 1.29 is 9.18 Å². The van der Waals surface area contributed by atoms with Gasteiger partial charge in [0, 0.05) is 17.2 Å². The van der Waals surface area contributed by atoms with Gasteiger partial charge in [-0.2, -0.15) is 5.10 Å². The van der Waals surface area contributed by atoms with Gasteiger partial charge in [0.1, 0.15) is 11.5 Å². The van der Waals surface area contributed by atoms with E-state index in [0.717, 1.165) is 48.1 Å². The van der Waals surface area contributed by atoms with Crippen molar-refractivity contribution in [1.29, 1.82) is 0 Å². The fraction of sp³-hybridized carbons (Fsp3) is 0.304. The molecule has 5 heteroatoms. The maximum Gasteiger partial charge on any atom is 0.273 e. The fourth-order valence-corrected chi connectivity index (χ4v) is 4.69. The standard InChI is InChI=1S/C23H22FN3O/c24-17-13-11-16(12-14-17)22-19-20(15-7-3-1-4-8-15)25-26-21(19)23(28)27(22)18-9-5-2-6-10-18/h1,3-4,7-8,11-14,18,22H,2,5-6,9-10H2,(H,25,26). The molecule has 1 unspecified atom stereocenters. The molecular weight excluding hydrogens is 353 g/mol. The molecule has 1 atom stereocenters.